The molecule has 2 heterocycles. The Morgan fingerprint density at radius 1 is 1.19 bits per heavy atom. The van der Waals surface area contributed by atoms with Crippen molar-refractivity contribution in [2.75, 3.05) is 6.61 Å². The van der Waals surface area contributed by atoms with Gasteiger partial charge < -0.3 is 19.6 Å². The standard InChI is InChI=1S/C27H28N4O6/c1-4-16(3)24(27(34)35)29-23(32)14-37-21-12-22-19(11-17(21)5-2)25(33)20(13-36-22)26-30-28-15-31(26)18-9-7-6-8-10-18/h6-13,15-16,24H,4-5,14H2,1-3H3,(H,29,32)(H,34,35). The van der Waals surface area contributed by atoms with Gasteiger partial charge in [-0.25, -0.2) is 4.79 Å². The van der Waals surface area contributed by atoms with Crippen molar-refractivity contribution >= 4 is 22.8 Å². The molecule has 4 aromatic rings. The number of carbonyl (C=O) groups excluding carboxylic acids is 1. The summed E-state index contributed by atoms with van der Waals surface area (Å²) in [7, 11) is 0. The smallest absolute Gasteiger partial charge is 0.326 e. The first kappa shape index (κ1) is 25.6. The molecule has 0 saturated carbocycles. The van der Waals surface area contributed by atoms with Crippen molar-refractivity contribution < 1.29 is 23.8 Å². The highest BCUT2D eigenvalue weighted by Crippen LogP contribution is 2.27. The van der Waals surface area contributed by atoms with E-state index >= 15 is 0 Å². The summed E-state index contributed by atoms with van der Waals surface area (Å²) in [5.41, 5.74) is 1.77. The molecule has 2 aromatic carbocycles. The fourth-order valence-electron chi connectivity index (χ4n) is 4.00. The van der Waals surface area contributed by atoms with Crippen molar-refractivity contribution in [3.8, 4) is 22.8 Å². The molecule has 1 amide bonds. The van der Waals surface area contributed by atoms with Crippen LogP contribution in [0.15, 0.2) is 64.3 Å². The number of aromatic nitrogens is 3. The van der Waals surface area contributed by atoms with Crippen LogP contribution >= 0.6 is 0 Å². The zero-order chi connectivity index (χ0) is 26.5. The van der Waals surface area contributed by atoms with Crippen LogP contribution in [0.5, 0.6) is 5.75 Å². The van der Waals surface area contributed by atoms with E-state index in [-0.39, 0.29) is 29.1 Å². The van der Waals surface area contributed by atoms with Gasteiger partial charge >= 0.3 is 5.97 Å². The third-order valence-corrected chi connectivity index (χ3v) is 6.31. The number of aliphatic carboxylic acids is 1. The fraction of sp³-hybridized carbons (Fsp3) is 0.296. The zero-order valence-corrected chi connectivity index (χ0v) is 20.8. The molecule has 4 rings (SSSR count). The largest absolute Gasteiger partial charge is 0.483 e. The molecule has 0 spiro atoms. The summed E-state index contributed by atoms with van der Waals surface area (Å²) in [5.74, 6) is -1.14. The maximum atomic E-state index is 13.4. The highest BCUT2D eigenvalue weighted by Gasteiger charge is 2.25. The maximum absolute atomic E-state index is 13.4. The zero-order valence-electron chi connectivity index (χ0n) is 20.8. The van der Waals surface area contributed by atoms with Gasteiger partial charge in [-0.05, 0) is 36.1 Å². The van der Waals surface area contributed by atoms with Gasteiger partial charge in [-0.1, -0.05) is 45.4 Å². The normalized spacial score (nSPS) is 12.7. The van der Waals surface area contributed by atoms with Crippen LogP contribution in [-0.2, 0) is 16.0 Å². The highest BCUT2D eigenvalue weighted by atomic mass is 16.5. The molecule has 2 unspecified atom stereocenters. The molecule has 0 saturated heterocycles. The van der Waals surface area contributed by atoms with Crippen LogP contribution in [0.4, 0.5) is 0 Å². The van der Waals surface area contributed by atoms with Crippen LogP contribution in [-0.4, -0.2) is 44.4 Å². The molecule has 0 fully saturated rings. The van der Waals surface area contributed by atoms with E-state index in [0.29, 0.717) is 35.4 Å². The Morgan fingerprint density at radius 3 is 2.62 bits per heavy atom. The van der Waals surface area contributed by atoms with Gasteiger partial charge in [0, 0.05) is 11.8 Å². The molecular formula is C27H28N4O6. The topological polar surface area (TPSA) is 137 Å². The summed E-state index contributed by atoms with van der Waals surface area (Å²) >= 11 is 0. The number of amides is 1. The Labute approximate surface area is 212 Å². The van der Waals surface area contributed by atoms with Crippen LogP contribution in [0.2, 0.25) is 0 Å². The number of benzene rings is 2. The number of fused-ring (bicyclic) bond motifs is 1. The van der Waals surface area contributed by atoms with E-state index in [1.54, 1.807) is 23.6 Å². The summed E-state index contributed by atoms with van der Waals surface area (Å²) < 4.78 is 13.2. The molecule has 192 valence electrons. The van der Waals surface area contributed by atoms with E-state index in [1.807, 2.05) is 44.2 Å². The van der Waals surface area contributed by atoms with Crippen LogP contribution < -0.4 is 15.5 Å². The van der Waals surface area contributed by atoms with Crippen molar-refractivity contribution in [3.63, 3.8) is 0 Å². The number of rotatable bonds is 10. The van der Waals surface area contributed by atoms with Gasteiger partial charge in [-0.15, -0.1) is 10.2 Å². The van der Waals surface area contributed by atoms with Crippen molar-refractivity contribution in [1.82, 2.24) is 20.1 Å². The SMILES string of the molecule is CCc1cc2c(=O)c(-c3nncn3-c3ccccc3)coc2cc1OCC(=O)NC(C(=O)O)C(C)CC. The Bertz CT molecular complexity index is 1480. The second-order valence-electron chi connectivity index (χ2n) is 8.71. The van der Waals surface area contributed by atoms with Crippen molar-refractivity contribution in [2.24, 2.45) is 5.92 Å². The lowest BCUT2D eigenvalue weighted by molar-refractivity contribution is -0.143. The summed E-state index contributed by atoms with van der Waals surface area (Å²) in [6.45, 7) is 5.14. The monoisotopic (exact) mass is 504 g/mol. The number of para-hydroxylation sites is 1. The average molecular weight is 505 g/mol. The number of hydrogen-bond acceptors (Lipinski definition) is 7. The molecule has 2 aromatic heterocycles. The fourth-order valence-corrected chi connectivity index (χ4v) is 4.00. The first-order valence-electron chi connectivity index (χ1n) is 12.0. The first-order valence-corrected chi connectivity index (χ1v) is 12.0. The average Bonchev–Trinajstić information content (AvgIpc) is 3.40. The number of nitrogens with one attached hydrogen (secondary N) is 1. The highest BCUT2D eigenvalue weighted by molar-refractivity contribution is 5.85. The van der Waals surface area contributed by atoms with Gasteiger partial charge in [0.1, 0.15) is 35.5 Å². The number of hydrogen-bond donors (Lipinski definition) is 2. The summed E-state index contributed by atoms with van der Waals surface area (Å²) in [4.78, 5) is 37.3. The van der Waals surface area contributed by atoms with E-state index in [4.69, 9.17) is 9.15 Å². The number of nitrogens with zero attached hydrogens (tertiary/aromatic N) is 3. The van der Waals surface area contributed by atoms with E-state index < -0.39 is 17.9 Å². The third kappa shape index (κ3) is 5.37. The van der Waals surface area contributed by atoms with Crippen molar-refractivity contribution in [3.05, 3.63) is 70.8 Å². The molecule has 37 heavy (non-hydrogen) atoms. The van der Waals surface area contributed by atoms with Gasteiger partial charge in [0.05, 0.1) is 5.39 Å². The molecule has 0 aliphatic heterocycles. The Kier molecular flexibility index (Phi) is 7.66. The van der Waals surface area contributed by atoms with E-state index in [1.165, 1.54) is 12.6 Å². The van der Waals surface area contributed by atoms with Crippen LogP contribution in [0.1, 0.15) is 32.8 Å². The summed E-state index contributed by atoms with van der Waals surface area (Å²) in [6, 6.07) is 11.7. The first-order chi connectivity index (χ1) is 17.8. The van der Waals surface area contributed by atoms with Crippen LogP contribution in [0, 0.1) is 5.92 Å². The van der Waals surface area contributed by atoms with Gasteiger partial charge in [0.25, 0.3) is 5.91 Å². The van der Waals surface area contributed by atoms with Crippen LogP contribution in [0.3, 0.4) is 0 Å². The minimum atomic E-state index is -1.09. The van der Waals surface area contributed by atoms with E-state index in [0.717, 1.165) is 5.69 Å². The molecule has 0 bridgehead atoms. The molecule has 2 N–H and O–H groups in total. The lowest BCUT2D eigenvalue weighted by Crippen LogP contribution is -2.46. The molecule has 10 nitrogen and oxygen atoms in total. The molecule has 10 heteroatoms. The second kappa shape index (κ2) is 11.1. The molecule has 0 aliphatic carbocycles. The summed E-state index contributed by atoms with van der Waals surface area (Å²) in [5, 5.41) is 20.4. The van der Waals surface area contributed by atoms with Crippen molar-refractivity contribution in [1.29, 1.82) is 0 Å². The minimum Gasteiger partial charge on any atom is -0.483 e. The van der Waals surface area contributed by atoms with Crippen LogP contribution in [0.25, 0.3) is 28.0 Å². The molecular weight excluding hydrogens is 476 g/mol. The number of ether oxygens (including phenoxy) is 1. The van der Waals surface area contributed by atoms with Gasteiger partial charge in [0.15, 0.2) is 12.4 Å². The Morgan fingerprint density at radius 2 is 1.95 bits per heavy atom. The Hall–Kier alpha value is -4.47. The minimum absolute atomic E-state index is 0.232. The number of carbonyl (C=O) groups is 2. The van der Waals surface area contributed by atoms with Gasteiger partial charge in [-0.3, -0.25) is 14.2 Å². The lowest BCUT2D eigenvalue weighted by atomic mass is 9.99. The predicted octanol–water partition coefficient (Wildman–Crippen LogP) is 3.60. The number of carboxylic acid groups (broad SMARTS) is 1. The van der Waals surface area contributed by atoms with Crippen molar-refractivity contribution in [2.45, 2.75) is 39.7 Å². The molecule has 0 aliphatic rings. The van der Waals surface area contributed by atoms with Gasteiger partial charge in [-0.2, -0.15) is 0 Å². The molecule has 2 atom stereocenters. The number of carboxylic acids is 1. The third-order valence-electron chi connectivity index (χ3n) is 6.31. The Balaban J connectivity index is 1.61. The summed E-state index contributed by atoms with van der Waals surface area (Å²) in [6.07, 6.45) is 4.00. The lowest BCUT2D eigenvalue weighted by Gasteiger charge is -2.20. The van der Waals surface area contributed by atoms with Gasteiger partial charge in [0.2, 0.25) is 5.43 Å². The maximum Gasteiger partial charge on any atom is 0.326 e. The molecule has 0 radical (unpaired) electrons. The quantitative estimate of drug-likeness (QED) is 0.334. The predicted molar refractivity (Wildman–Crippen MR) is 137 cm³/mol. The van der Waals surface area contributed by atoms with E-state index in [2.05, 4.69) is 15.5 Å². The second-order valence-corrected chi connectivity index (χ2v) is 8.71. The number of aryl methyl sites for hydroxylation is 1. The van der Waals surface area contributed by atoms with E-state index in [9.17, 15) is 19.5 Å².